The molecular formula is C17H21N2O2+. The molecule has 4 nitrogen and oxygen atoms in total. The highest BCUT2D eigenvalue weighted by atomic mass is 16.5. The summed E-state index contributed by atoms with van der Waals surface area (Å²) in [7, 11) is 1.66. The maximum Gasteiger partial charge on any atom is 0.282 e. The van der Waals surface area contributed by atoms with E-state index in [0.29, 0.717) is 6.54 Å². The fraction of sp³-hybridized carbons (Fsp3) is 0.235. The standard InChI is InChI=1S/C17H20N2O2/c1-13(17(20)19-15-9-4-3-5-10-15)18-12-14-8-6-7-11-16(14)21-2/h3-11,13,18H,12H2,1-2H3,(H,19,20)/p+1/t13-/m1/s1. The van der Waals surface area contributed by atoms with Gasteiger partial charge in [-0.15, -0.1) is 0 Å². The fourth-order valence-electron chi connectivity index (χ4n) is 2.06. The Hall–Kier alpha value is -2.33. The van der Waals surface area contributed by atoms with Gasteiger partial charge in [0.1, 0.15) is 12.3 Å². The van der Waals surface area contributed by atoms with Crippen molar-refractivity contribution in [3.8, 4) is 5.75 Å². The van der Waals surface area contributed by atoms with Crippen molar-refractivity contribution in [2.24, 2.45) is 0 Å². The van der Waals surface area contributed by atoms with Gasteiger partial charge in [-0.25, -0.2) is 0 Å². The monoisotopic (exact) mass is 285 g/mol. The predicted molar refractivity (Wildman–Crippen MR) is 83.2 cm³/mol. The smallest absolute Gasteiger partial charge is 0.282 e. The molecule has 0 unspecified atom stereocenters. The van der Waals surface area contributed by atoms with Gasteiger partial charge in [0.2, 0.25) is 0 Å². The van der Waals surface area contributed by atoms with E-state index in [1.807, 2.05) is 66.8 Å². The fourth-order valence-corrected chi connectivity index (χ4v) is 2.06. The van der Waals surface area contributed by atoms with E-state index in [1.54, 1.807) is 7.11 Å². The van der Waals surface area contributed by atoms with Crippen LogP contribution in [-0.2, 0) is 11.3 Å². The lowest BCUT2D eigenvalue weighted by molar-refractivity contribution is -0.688. The quantitative estimate of drug-likeness (QED) is 0.850. The van der Waals surface area contributed by atoms with Crippen LogP contribution in [-0.4, -0.2) is 19.1 Å². The number of methoxy groups -OCH3 is 1. The van der Waals surface area contributed by atoms with Gasteiger partial charge in [-0.2, -0.15) is 0 Å². The molecule has 0 saturated heterocycles. The zero-order valence-corrected chi connectivity index (χ0v) is 12.4. The molecule has 1 atom stereocenters. The third-order valence-electron chi connectivity index (χ3n) is 3.34. The number of rotatable bonds is 6. The Morgan fingerprint density at radius 1 is 1.14 bits per heavy atom. The summed E-state index contributed by atoms with van der Waals surface area (Å²) >= 11 is 0. The average molecular weight is 285 g/mol. The number of nitrogens with one attached hydrogen (secondary N) is 1. The highest BCUT2D eigenvalue weighted by molar-refractivity contribution is 5.93. The summed E-state index contributed by atoms with van der Waals surface area (Å²) in [6.45, 7) is 2.60. The van der Waals surface area contributed by atoms with Crippen molar-refractivity contribution in [1.82, 2.24) is 0 Å². The summed E-state index contributed by atoms with van der Waals surface area (Å²) in [5.41, 5.74) is 1.90. The lowest BCUT2D eigenvalue weighted by atomic mass is 10.2. The van der Waals surface area contributed by atoms with Crippen LogP contribution in [0, 0.1) is 0 Å². The van der Waals surface area contributed by atoms with Crippen LogP contribution < -0.4 is 15.4 Å². The molecule has 0 aliphatic carbocycles. The van der Waals surface area contributed by atoms with E-state index in [0.717, 1.165) is 17.0 Å². The van der Waals surface area contributed by atoms with Crippen molar-refractivity contribution in [3.05, 3.63) is 60.2 Å². The molecule has 0 bridgehead atoms. The molecule has 0 aromatic heterocycles. The molecule has 0 heterocycles. The Morgan fingerprint density at radius 3 is 2.52 bits per heavy atom. The molecule has 1 amide bonds. The van der Waals surface area contributed by atoms with E-state index >= 15 is 0 Å². The number of hydrogen-bond donors (Lipinski definition) is 2. The van der Waals surface area contributed by atoms with Crippen molar-refractivity contribution in [2.75, 3.05) is 12.4 Å². The van der Waals surface area contributed by atoms with Gasteiger partial charge in [-0.05, 0) is 31.2 Å². The molecule has 0 spiro atoms. The van der Waals surface area contributed by atoms with Crippen LogP contribution in [0.5, 0.6) is 5.75 Å². The molecule has 0 aliphatic heterocycles. The van der Waals surface area contributed by atoms with Crippen molar-refractivity contribution >= 4 is 11.6 Å². The average Bonchev–Trinajstić information content (AvgIpc) is 2.53. The Balaban J connectivity index is 1.89. The summed E-state index contributed by atoms with van der Waals surface area (Å²) < 4.78 is 5.31. The summed E-state index contributed by atoms with van der Waals surface area (Å²) in [6.07, 6.45) is 0. The van der Waals surface area contributed by atoms with E-state index in [1.165, 1.54) is 0 Å². The maximum atomic E-state index is 12.1. The number of anilines is 1. The van der Waals surface area contributed by atoms with Crippen LogP contribution in [0.2, 0.25) is 0 Å². The number of amides is 1. The number of para-hydroxylation sites is 2. The van der Waals surface area contributed by atoms with Gasteiger partial charge in [-0.1, -0.05) is 30.3 Å². The summed E-state index contributed by atoms with van der Waals surface area (Å²) in [5.74, 6) is 0.848. The van der Waals surface area contributed by atoms with E-state index in [4.69, 9.17) is 4.74 Å². The molecule has 0 saturated carbocycles. The topological polar surface area (TPSA) is 54.9 Å². The molecule has 2 aromatic carbocycles. The van der Waals surface area contributed by atoms with E-state index in [2.05, 4.69) is 5.32 Å². The molecular weight excluding hydrogens is 264 g/mol. The summed E-state index contributed by atoms with van der Waals surface area (Å²) in [4.78, 5) is 12.1. The third-order valence-corrected chi connectivity index (χ3v) is 3.34. The highest BCUT2D eigenvalue weighted by Crippen LogP contribution is 2.15. The first-order valence-electron chi connectivity index (χ1n) is 7.02. The minimum atomic E-state index is -0.171. The number of quaternary nitrogens is 1. The van der Waals surface area contributed by atoms with E-state index in [-0.39, 0.29) is 11.9 Å². The third kappa shape index (κ3) is 4.33. The molecule has 110 valence electrons. The van der Waals surface area contributed by atoms with E-state index in [9.17, 15) is 4.79 Å². The second kappa shape index (κ2) is 7.45. The molecule has 2 rings (SSSR count). The minimum absolute atomic E-state index is 0.00361. The Kier molecular flexibility index (Phi) is 5.35. The first kappa shape index (κ1) is 15.1. The van der Waals surface area contributed by atoms with Crippen molar-refractivity contribution < 1.29 is 14.8 Å². The zero-order chi connectivity index (χ0) is 15.1. The van der Waals surface area contributed by atoms with Crippen molar-refractivity contribution in [2.45, 2.75) is 19.5 Å². The zero-order valence-electron chi connectivity index (χ0n) is 12.4. The number of carbonyl (C=O) groups is 1. The Morgan fingerprint density at radius 2 is 1.81 bits per heavy atom. The summed E-state index contributed by atoms with van der Waals surface area (Å²) in [6, 6.07) is 17.2. The Bertz CT molecular complexity index is 584. The van der Waals surface area contributed by atoms with Crippen LogP contribution in [0.4, 0.5) is 5.69 Å². The van der Waals surface area contributed by atoms with Crippen LogP contribution in [0.25, 0.3) is 0 Å². The summed E-state index contributed by atoms with van der Waals surface area (Å²) in [5, 5.41) is 4.90. The largest absolute Gasteiger partial charge is 0.496 e. The first-order chi connectivity index (χ1) is 10.2. The highest BCUT2D eigenvalue weighted by Gasteiger charge is 2.16. The minimum Gasteiger partial charge on any atom is -0.496 e. The van der Waals surface area contributed by atoms with Gasteiger partial charge in [0.25, 0.3) is 5.91 Å². The molecule has 21 heavy (non-hydrogen) atoms. The van der Waals surface area contributed by atoms with Gasteiger partial charge in [0.15, 0.2) is 6.04 Å². The van der Waals surface area contributed by atoms with Gasteiger partial charge in [0.05, 0.1) is 7.11 Å². The molecule has 3 N–H and O–H groups in total. The number of hydrogen-bond acceptors (Lipinski definition) is 2. The molecule has 0 radical (unpaired) electrons. The van der Waals surface area contributed by atoms with Crippen LogP contribution >= 0.6 is 0 Å². The molecule has 2 aromatic rings. The second-order valence-electron chi connectivity index (χ2n) is 4.90. The van der Waals surface area contributed by atoms with Gasteiger partial charge >= 0.3 is 0 Å². The molecule has 4 heteroatoms. The predicted octanol–water partition coefficient (Wildman–Crippen LogP) is 1.79. The first-order valence-corrected chi connectivity index (χ1v) is 7.02. The van der Waals surface area contributed by atoms with E-state index < -0.39 is 0 Å². The van der Waals surface area contributed by atoms with Crippen molar-refractivity contribution in [3.63, 3.8) is 0 Å². The lowest BCUT2D eigenvalue weighted by Gasteiger charge is -2.12. The van der Waals surface area contributed by atoms with Gasteiger partial charge in [-0.3, -0.25) is 4.79 Å². The number of ether oxygens (including phenoxy) is 1. The Labute approximate surface area is 125 Å². The molecule has 0 fully saturated rings. The number of carbonyl (C=O) groups excluding carboxylic acids is 1. The maximum absolute atomic E-state index is 12.1. The molecule has 0 aliphatic rings. The number of benzene rings is 2. The van der Waals surface area contributed by atoms with Crippen LogP contribution in [0.15, 0.2) is 54.6 Å². The van der Waals surface area contributed by atoms with Crippen LogP contribution in [0.1, 0.15) is 12.5 Å². The normalized spacial score (nSPS) is 11.7. The van der Waals surface area contributed by atoms with Crippen LogP contribution in [0.3, 0.4) is 0 Å². The van der Waals surface area contributed by atoms with Gasteiger partial charge in [0, 0.05) is 11.3 Å². The number of nitrogens with two attached hydrogens (primary N) is 1. The van der Waals surface area contributed by atoms with Gasteiger partial charge < -0.3 is 15.4 Å². The SMILES string of the molecule is COc1ccccc1C[NH2+][C@H](C)C(=O)Nc1ccccc1. The second-order valence-corrected chi connectivity index (χ2v) is 4.90. The lowest BCUT2D eigenvalue weighted by Crippen LogP contribution is -2.90. The van der Waals surface area contributed by atoms with Crippen molar-refractivity contribution in [1.29, 1.82) is 0 Å².